The van der Waals surface area contributed by atoms with Crippen LogP contribution in [0.3, 0.4) is 0 Å². The lowest BCUT2D eigenvalue weighted by molar-refractivity contribution is -0.137. The number of amides is 1. The van der Waals surface area contributed by atoms with E-state index in [-0.39, 0.29) is 5.56 Å². The van der Waals surface area contributed by atoms with Crippen LogP contribution < -0.4 is 11.5 Å². The molecule has 0 unspecified atom stereocenters. The van der Waals surface area contributed by atoms with Gasteiger partial charge in [-0.25, -0.2) is 0 Å². The van der Waals surface area contributed by atoms with Crippen LogP contribution in [-0.2, 0) is 12.6 Å². The molecule has 0 aliphatic rings. The van der Waals surface area contributed by atoms with E-state index in [1.165, 1.54) is 6.07 Å². The summed E-state index contributed by atoms with van der Waals surface area (Å²) in [4.78, 5) is 11.1. The molecule has 1 aromatic rings. The van der Waals surface area contributed by atoms with Crippen molar-refractivity contribution in [1.29, 1.82) is 0 Å². The fraction of sp³-hybridized carbons (Fsp3) is 0.364. The largest absolute Gasteiger partial charge is 0.416 e. The summed E-state index contributed by atoms with van der Waals surface area (Å²) in [6.45, 7) is 0.402. The molecule has 17 heavy (non-hydrogen) atoms. The van der Waals surface area contributed by atoms with Crippen LogP contribution in [0.5, 0.6) is 0 Å². The van der Waals surface area contributed by atoms with Gasteiger partial charge in [0, 0.05) is 5.56 Å². The smallest absolute Gasteiger partial charge is 0.366 e. The molecule has 0 saturated carbocycles. The molecule has 1 aromatic carbocycles. The Morgan fingerprint density at radius 1 is 1.29 bits per heavy atom. The van der Waals surface area contributed by atoms with E-state index in [1.807, 2.05) is 0 Å². The number of rotatable bonds is 4. The van der Waals surface area contributed by atoms with Crippen molar-refractivity contribution >= 4 is 5.91 Å². The Bertz CT molecular complexity index is 416. The normalized spacial score (nSPS) is 11.5. The van der Waals surface area contributed by atoms with E-state index >= 15 is 0 Å². The minimum atomic E-state index is -4.48. The standard InChI is InChI=1S/C11H13F3N2O/c12-11(13,14)8-4-3-7(2-1-5-15)9(6-8)10(16)17/h3-4,6H,1-2,5,15H2,(H2,16,17). The molecule has 0 spiro atoms. The summed E-state index contributed by atoms with van der Waals surface area (Å²) in [6, 6.07) is 3.01. The molecule has 1 rings (SSSR count). The summed E-state index contributed by atoms with van der Waals surface area (Å²) >= 11 is 0. The van der Waals surface area contributed by atoms with Crippen molar-refractivity contribution in [2.24, 2.45) is 11.5 Å². The fourth-order valence-electron chi connectivity index (χ4n) is 1.49. The number of carbonyl (C=O) groups is 1. The Morgan fingerprint density at radius 3 is 2.41 bits per heavy atom. The minimum absolute atomic E-state index is 0.0896. The van der Waals surface area contributed by atoms with Gasteiger partial charge in [0.05, 0.1) is 5.56 Å². The summed E-state index contributed by atoms with van der Waals surface area (Å²) < 4.78 is 37.3. The second kappa shape index (κ2) is 5.18. The highest BCUT2D eigenvalue weighted by Gasteiger charge is 2.31. The molecule has 0 aliphatic heterocycles. The Labute approximate surface area is 96.6 Å². The van der Waals surface area contributed by atoms with E-state index < -0.39 is 17.6 Å². The Morgan fingerprint density at radius 2 is 1.94 bits per heavy atom. The number of hydrogen-bond donors (Lipinski definition) is 2. The van der Waals surface area contributed by atoms with Gasteiger partial charge >= 0.3 is 6.18 Å². The quantitative estimate of drug-likeness (QED) is 0.848. The van der Waals surface area contributed by atoms with Crippen LogP contribution in [0.4, 0.5) is 13.2 Å². The maximum Gasteiger partial charge on any atom is 0.416 e. The predicted octanol–water partition coefficient (Wildman–Crippen LogP) is 1.70. The zero-order valence-corrected chi connectivity index (χ0v) is 9.05. The summed E-state index contributed by atoms with van der Waals surface area (Å²) in [7, 11) is 0. The molecule has 0 aliphatic carbocycles. The molecule has 0 bridgehead atoms. The SMILES string of the molecule is NCCCc1ccc(C(F)(F)F)cc1C(N)=O. The Hall–Kier alpha value is -1.56. The van der Waals surface area contributed by atoms with E-state index in [4.69, 9.17) is 11.5 Å². The topological polar surface area (TPSA) is 69.1 Å². The lowest BCUT2D eigenvalue weighted by atomic mass is 9.99. The van der Waals surface area contributed by atoms with Gasteiger partial charge < -0.3 is 11.5 Å². The molecule has 0 heterocycles. The van der Waals surface area contributed by atoms with Gasteiger partial charge in [0.2, 0.25) is 5.91 Å². The van der Waals surface area contributed by atoms with Crippen LogP contribution in [0.1, 0.15) is 27.9 Å². The first kappa shape index (κ1) is 13.5. The fourth-order valence-corrected chi connectivity index (χ4v) is 1.49. The summed E-state index contributed by atoms with van der Waals surface area (Å²) in [5, 5.41) is 0. The van der Waals surface area contributed by atoms with Gasteiger partial charge in [-0.2, -0.15) is 13.2 Å². The molecule has 0 atom stereocenters. The Kier molecular flexibility index (Phi) is 4.11. The van der Waals surface area contributed by atoms with Gasteiger partial charge in [0.1, 0.15) is 0 Å². The molecule has 4 N–H and O–H groups in total. The average molecular weight is 246 g/mol. The first-order valence-electron chi connectivity index (χ1n) is 5.06. The predicted molar refractivity (Wildman–Crippen MR) is 57.3 cm³/mol. The first-order chi connectivity index (χ1) is 7.86. The third-order valence-electron chi connectivity index (χ3n) is 2.35. The van der Waals surface area contributed by atoms with E-state index in [0.29, 0.717) is 24.9 Å². The molecule has 6 heteroatoms. The maximum atomic E-state index is 12.4. The number of primary amides is 1. The third-order valence-corrected chi connectivity index (χ3v) is 2.35. The van der Waals surface area contributed by atoms with E-state index in [0.717, 1.165) is 12.1 Å². The van der Waals surface area contributed by atoms with Crippen molar-refractivity contribution in [3.8, 4) is 0 Å². The molecular weight excluding hydrogens is 233 g/mol. The van der Waals surface area contributed by atoms with Gasteiger partial charge in [0.15, 0.2) is 0 Å². The van der Waals surface area contributed by atoms with E-state index in [2.05, 4.69) is 0 Å². The lowest BCUT2D eigenvalue weighted by Crippen LogP contribution is -2.16. The van der Waals surface area contributed by atoms with Crippen LogP contribution in [0.2, 0.25) is 0 Å². The van der Waals surface area contributed by atoms with E-state index in [1.54, 1.807) is 0 Å². The van der Waals surface area contributed by atoms with Crippen LogP contribution in [-0.4, -0.2) is 12.5 Å². The van der Waals surface area contributed by atoms with Gasteiger partial charge in [-0.15, -0.1) is 0 Å². The van der Waals surface area contributed by atoms with Gasteiger partial charge in [-0.05, 0) is 37.1 Å². The van der Waals surface area contributed by atoms with Crippen LogP contribution in [0.15, 0.2) is 18.2 Å². The number of benzene rings is 1. The zero-order chi connectivity index (χ0) is 13.1. The number of halogens is 3. The number of aryl methyl sites for hydroxylation is 1. The number of alkyl halides is 3. The van der Waals surface area contributed by atoms with Crippen LogP contribution >= 0.6 is 0 Å². The average Bonchev–Trinajstić information content (AvgIpc) is 2.24. The third kappa shape index (κ3) is 3.45. The highest BCUT2D eigenvalue weighted by Crippen LogP contribution is 2.30. The van der Waals surface area contributed by atoms with Crippen molar-refractivity contribution in [1.82, 2.24) is 0 Å². The second-order valence-electron chi connectivity index (χ2n) is 3.63. The summed E-state index contributed by atoms with van der Waals surface area (Å²) in [5.41, 5.74) is 9.90. The van der Waals surface area contributed by atoms with Crippen molar-refractivity contribution in [3.63, 3.8) is 0 Å². The zero-order valence-electron chi connectivity index (χ0n) is 9.05. The summed E-state index contributed by atoms with van der Waals surface area (Å²) in [6.07, 6.45) is -3.45. The second-order valence-corrected chi connectivity index (χ2v) is 3.63. The van der Waals surface area contributed by atoms with Crippen LogP contribution in [0, 0.1) is 0 Å². The molecule has 0 aromatic heterocycles. The highest BCUT2D eigenvalue weighted by molar-refractivity contribution is 5.94. The Balaban J connectivity index is 3.13. The first-order valence-corrected chi connectivity index (χ1v) is 5.06. The number of hydrogen-bond acceptors (Lipinski definition) is 2. The van der Waals surface area contributed by atoms with E-state index in [9.17, 15) is 18.0 Å². The van der Waals surface area contributed by atoms with Crippen molar-refractivity contribution in [2.75, 3.05) is 6.54 Å². The molecule has 0 radical (unpaired) electrons. The van der Waals surface area contributed by atoms with Crippen molar-refractivity contribution < 1.29 is 18.0 Å². The maximum absolute atomic E-state index is 12.4. The molecule has 94 valence electrons. The van der Waals surface area contributed by atoms with Crippen molar-refractivity contribution in [3.05, 3.63) is 34.9 Å². The van der Waals surface area contributed by atoms with Crippen LogP contribution in [0.25, 0.3) is 0 Å². The number of carbonyl (C=O) groups excluding carboxylic acids is 1. The number of nitrogens with two attached hydrogens (primary N) is 2. The van der Waals surface area contributed by atoms with Gasteiger partial charge in [0.25, 0.3) is 0 Å². The highest BCUT2D eigenvalue weighted by atomic mass is 19.4. The van der Waals surface area contributed by atoms with Gasteiger partial charge in [-0.1, -0.05) is 6.07 Å². The molecule has 0 fully saturated rings. The molecule has 0 saturated heterocycles. The van der Waals surface area contributed by atoms with Crippen molar-refractivity contribution in [2.45, 2.75) is 19.0 Å². The summed E-state index contributed by atoms with van der Waals surface area (Å²) in [5.74, 6) is -0.858. The molecular formula is C11H13F3N2O. The minimum Gasteiger partial charge on any atom is -0.366 e. The monoisotopic (exact) mass is 246 g/mol. The molecule has 3 nitrogen and oxygen atoms in total. The molecule has 1 amide bonds. The van der Waals surface area contributed by atoms with Gasteiger partial charge in [-0.3, -0.25) is 4.79 Å². The lowest BCUT2D eigenvalue weighted by Gasteiger charge is -2.11.